The van der Waals surface area contributed by atoms with E-state index in [-0.39, 0.29) is 6.04 Å². The molecule has 0 bridgehead atoms. The van der Waals surface area contributed by atoms with Crippen LogP contribution in [0.3, 0.4) is 0 Å². The number of nitrogens with one attached hydrogen (secondary N) is 1. The minimum atomic E-state index is 0.0621. The van der Waals surface area contributed by atoms with E-state index in [0.717, 1.165) is 29.1 Å². The number of hydrogen-bond acceptors (Lipinski definition) is 4. The van der Waals surface area contributed by atoms with Gasteiger partial charge in [0.2, 0.25) is 0 Å². The first-order chi connectivity index (χ1) is 9.67. The highest BCUT2D eigenvalue weighted by molar-refractivity contribution is 5.48. The number of aromatic nitrogens is 2. The molecule has 1 aromatic carbocycles. The van der Waals surface area contributed by atoms with E-state index in [1.807, 2.05) is 42.2 Å². The van der Waals surface area contributed by atoms with E-state index in [4.69, 9.17) is 10.5 Å². The van der Waals surface area contributed by atoms with Gasteiger partial charge in [-0.25, -0.2) is 0 Å². The number of nitrogens with zero attached hydrogens (tertiary/aromatic N) is 2. The van der Waals surface area contributed by atoms with Crippen LogP contribution in [-0.4, -0.2) is 23.4 Å². The minimum Gasteiger partial charge on any atom is -0.497 e. The highest BCUT2D eigenvalue weighted by Gasteiger charge is 2.16. The van der Waals surface area contributed by atoms with Crippen LogP contribution < -0.4 is 15.8 Å². The second-order valence-electron chi connectivity index (χ2n) is 4.72. The first-order valence-corrected chi connectivity index (χ1v) is 6.81. The molecule has 0 aliphatic carbocycles. The van der Waals surface area contributed by atoms with Crippen molar-refractivity contribution in [2.24, 2.45) is 12.8 Å². The summed E-state index contributed by atoms with van der Waals surface area (Å²) in [6, 6.07) is 7.90. The second kappa shape index (κ2) is 6.43. The van der Waals surface area contributed by atoms with Crippen LogP contribution in [-0.2, 0) is 13.5 Å². The summed E-state index contributed by atoms with van der Waals surface area (Å²) in [5.74, 6) is 0.843. The van der Waals surface area contributed by atoms with Gasteiger partial charge in [0.1, 0.15) is 5.75 Å². The van der Waals surface area contributed by atoms with Crippen molar-refractivity contribution in [3.8, 4) is 5.75 Å². The van der Waals surface area contributed by atoms with Crippen molar-refractivity contribution < 1.29 is 4.74 Å². The van der Waals surface area contributed by atoms with Crippen LogP contribution in [0.25, 0.3) is 0 Å². The van der Waals surface area contributed by atoms with Gasteiger partial charge in [0.05, 0.1) is 18.8 Å². The molecule has 5 nitrogen and oxygen atoms in total. The molecular formula is C15H22N4O. The Hall–Kier alpha value is -2.01. The van der Waals surface area contributed by atoms with Gasteiger partial charge in [0, 0.05) is 31.0 Å². The highest BCUT2D eigenvalue weighted by Crippen LogP contribution is 2.23. The van der Waals surface area contributed by atoms with Crippen LogP contribution in [0.5, 0.6) is 5.75 Å². The molecule has 1 aromatic heterocycles. The lowest BCUT2D eigenvalue weighted by Crippen LogP contribution is -2.21. The summed E-state index contributed by atoms with van der Waals surface area (Å²) in [5.41, 5.74) is 9.19. The summed E-state index contributed by atoms with van der Waals surface area (Å²) in [4.78, 5) is 0. The van der Waals surface area contributed by atoms with E-state index in [1.54, 1.807) is 7.11 Å². The summed E-state index contributed by atoms with van der Waals surface area (Å²) in [5, 5.41) is 7.92. The molecule has 2 aromatic rings. The summed E-state index contributed by atoms with van der Waals surface area (Å²) in [6.45, 7) is 2.62. The zero-order chi connectivity index (χ0) is 14.5. The molecule has 5 heteroatoms. The molecule has 0 saturated carbocycles. The van der Waals surface area contributed by atoms with Gasteiger partial charge in [-0.3, -0.25) is 4.68 Å². The van der Waals surface area contributed by atoms with Crippen molar-refractivity contribution in [1.82, 2.24) is 9.78 Å². The van der Waals surface area contributed by atoms with Gasteiger partial charge in [-0.15, -0.1) is 0 Å². The highest BCUT2D eigenvalue weighted by atomic mass is 16.5. The molecule has 0 spiro atoms. The molecule has 3 N–H and O–H groups in total. The quantitative estimate of drug-likeness (QED) is 0.846. The van der Waals surface area contributed by atoms with Crippen LogP contribution >= 0.6 is 0 Å². The number of rotatable bonds is 6. The number of methoxy groups -OCH3 is 1. The predicted octanol–water partition coefficient (Wildman–Crippen LogP) is 2.10. The smallest absolute Gasteiger partial charge is 0.119 e. The van der Waals surface area contributed by atoms with E-state index >= 15 is 0 Å². The van der Waals surface area contributed by atoms with Crippen molar-refractivity contribution in [3.63, 3.8) is 0 Å². The van der Waals surface area contributed by atoms with E-state index in [9.17, 15) is 0 Å². The lowest BCUT2D eigenvalue weighted by Gasteiger charge is -2.18. The first-order valence-electron chi connectivity index (χ1n) is 6.81. The van der Waals surface area contributed by atoms with Crippen LogP contribution in [0, 0.1) is 0 Å². The summed E-state index contributed by atoms with van der Waals surface area (Å²) < 4.78 is 7.00. The molecule has 0 fully saturated rings. The number of aryl methyl sites for hydroxylation is 2. The lowest BCUT2D eigenvalue weighted by molar-refractivity contribution is 0.415. The SMILES string of the molecule is CCc1nn(C)cc1C(CN)Nc1ccc(OC)cc1. The molecule has 0 radical (unpaired) electrons. The lowest BCUT2D eigenvalue weighted by atomic mass is 10.1. The minimum absolute atomic E-state index is 0.0621. The summed E-state index contributed by atoms with van der Waals surface area (Å²) in [6.07, 6.45) is 2.93. The Bertz CT molecular complexity index is 548. The van der Waals surface area contributed by atoms with Crippen molar-refractivity contribution in [2.45, 2.75) is 19.4 Å². The van der Waals surface area contributed by atoms with Gasteiger partial charge in [-0.1, -0.05) is 6.92 Å². The molecule has 108 valence electrons. The Balaban J connectivity index is 2.19. The molecule has 0 aliphatic rings. The van der Waals surface area contributed by atoms with Gasteiger partial charge >= 0.3 is 0 Å². The molecule has 1 heterocycles. The Morgan fingerprint density at radius 1 is 1.35 bits per heavy atom. The summed E-state index contributed by atoms with van der Waals surface area (Å²) >= 11 is 0. The Kier molecular flexibility index (Phi) is 4.63. The van der Waals surface area contributed by atoms with Gasteiger partial charge in [-0.05, 0) is 30.7 Å². The predicted molar refractivity (Wildman–Crippen MR) is 81.0 cm³/mol. The van der Waals surface area contributed by atoms with Gasteiger partial charge in [0.25, 0.3) is 0 Å². The van der Waals surface area contributed by atoms with Gasteiger partial charge in [-0.2, -0.15) is 5.10 Å². The van der Waals surface area contributed by atoms with Crippen LogP contribution in [0.4, 0.5) is 5.69 Å². The molecule has 20 heavy (non-hydrogen) atoms. The van der Waals surface area contributed by atoms with Crippen molar-refractivity contribution in [1.29, 1.82) is 0 Å². The molecule has 0 saturated heterocycles. The number of benzene rings is 1. The zero-order valence-corrected chi connectivity index (χ0v) is 12.3. The van der Waals surface area contributed by atoms with Gasteiger partial charge < -0.3 is 15.8 Å². The number of hydrogen-bond donors (Lipinski definition) is 2. The third kappa shape index (κ3) is 3.11. The molecule has 0 amide bonds. The molecule has 1 atom stereocenters. The van der Waals surface area contributed by atoms with Crippen LogP contribution in [0.1, 0.15) is 24.2 Å². The maximum Gasteiger partial charge on any atom is 0.119 e. The third-order valence-electron chi connectivity index (χ3n) is 3.31. The average molecular weight is 274 g/mol. The Morgan fingerprint density at radius 2 is 2.05 bits per heavy atom. The standard InChI is InChI=1S/C15H22N4O/c1-4-14-13(10-19(2)18-14)15(9-16)17-11-5-7-12(20-3)8-6-11/h5-8,10,15,17H,4,9,16H2,1-3H3. The van der Waals surface area contributed by atoms with Crippen molar-refractivity contribution >= 4 is 5.69 Å². The Morgan fingerprint density at radius 3 is 2.60 bits per heavy atom. The molecular weight excluding hydrogens is 252 g/mol. The van der Waals surface area contributed by atoms with E-state index in [1.165, 1.54) is 0 Å². The molecule has 1 unspecified atom stereocenters. The van der Waals surface area contributed by atoms with E-state index < -0.39 is 0 Å². The normalized spacial score (nSPS) is 12.2. The second-order valence-corrected chi connectivity index (χ2v) is 4.72. The van der Waals surface area contributed by atoms with Crippen LogP contribution in [0.15, 0.2) is 30.5 Å². The number of ether oxygens (including phenoxy) is 1. The molecule has 2 rings (SSSR count). The topological polar surface area (TPSA) is 65.1 Å². The van der Waals surface area contributed by atoms with Crippen LogP contribution in [0.2, 0.25) is 0 Å². The fourth-order valence-electron chi connectivity index (χ4n) is 2.27. The largest absolute Gasteiger partial charge is 0.497 e. The molecule has 0 aliphatic heterocycles. The maximum absolute atomic E-state index is 5.92. The maximum atomic E-state index is 5.92. The third-order valence-corrected chi connectivity index (χ3v) is 3.31. The van der Waals surface area contributed by atoms with E-state index in [2.05, 4.69) is 17.3 Å². The first kappa shape index (κ1) is 14.4. The Labute approximate surface area is 119 Å². The number of anilines is 1. The van der Waals surface area contributed by atoms with Crippen molar-refractivity contribution in [2.75, 3.05) is 19.0 Å². The van der Waals surface area contributed by atoms with Gasteiger partial charge in [0.15, 0.2) is 0 Å². The average Bonchev–Trinajstić information content (AvgIpc) is 2.86. The zero-order valence-electron chi connectivity index (χ0n) is 12.3. The fraction of sp³-hybridized carbons (Fsp3) is 0.400. The summed E-state index contributed by atoms with van der Waals surface area (Å²) in [7, 11) is 3.60. The number of nitrogens with two attached hydrogens (primary N) is 1. The van der Waals surface area contributed by atoms with Crippen molar-refractivity contribution in [3.05, 3.63) is 41.7 Å². The van der Waals surface area contributed by atoms with E-state index in [0.29, 0.717) is 6.54 Å². The monoisotopic (exact) mass is 274 g/mol. The fourth-order valence-corrected chi connectivity index (χ4v) is 2.27.